The van der Waals surface area contributed by atoms with E-state index in [0.717, 1.165) is 0 Å². The van der Waals surface area contributed by atoms with E-state index in [1.165, 1.54) is 151 Å². The highest BCUT2D eigenvalue weighted by Gasteiger charge is 2.42. The molecule has 0 aliphatic heterocycles. The van der Waals surface area contributed by atoms with Crippen LogP contribution in [0.2, 0.25) is 0 Å². The van der Waals surface area contributed by atoms with E-state index in [4.69, 9.17) is 0 Å². The van der Waals surface area contributed by atoms with E-state index in [1.807, 2.05) is 0 Å². The van der Waals surface area contributed by atoms with Gasteiger partial charge in [-0.25, -0.2) is 0 Å². The standard InChI is InChI=1S/C40H63N/c1-6-11-15-19-28-40(29-20-16-12-7-2)38-32-34(23-10-5)24-26-36(38)37-27-25-35(33-39(37)40)41(30-21-17-13-8-3)31-22-18-14-9-4/h10,23-27,32-33H,6-9,11-22,28-31H2,1-5H3. The minimum absolute atomic E-state index is 0.149. The molecule has 0 N–H and O–H groups in total. The van der Waals surface area contributed by atoms with Gasteiger partial charge < -0.3 is 4.90 Å². The Kier molecular flexibility index (Phi) is 15.1. The summed E-state index contributed by atoms with van der Waals surface area (Å²) in [6.45, 7) is 13.9. The summed E-state index contributed by atoms with van der Waals surface area (Å²) in [7, 11) is 0. The van der Waals surface area contributed by atoms with Gasteiger partial charge in [-0.2, -0.15) is 0 Å². The number of nitrogens with zero attached hydrogens (tertiary/aromatic N) is 1. The van der Waals surface area contributed by atoms with Crippen LogP contribution in [0.3, 0.4) is 0 Å². The van der Waals surface area contributed by atoms with Crippen LogP contribution < -0.4 is 4.90 Å². The lowest BCUT2D eigenvalue weighted by Crippen LogP contribution is -2.28. The molecular weight excluding hydrogens is 494 g/mol. The zero-order chi connectivity index (χ0) is 29.3. The van der Waals surface area contributed by atoms with E-state index in [1.54, 1.807) is 11.1 Å². The number of hydrogen-bond donors (Lipinski definition) is 0. The second-order valence-electron chi connectivity index (χ2n) is 12.8. The maximum atomic E-state index is 2.75. The van der Waals surface area contributed by atoms with Gasteiger partial charge in [-0.15, -0.1) is 0 Å². The second-order valence-corrected chi connectivity index (χ2v) is 12.8. The summed E-state index contributed by atoms with van der Waals surface area (Å²) in [5.41, 5.74) is 9.26. The number of benzene rings is 2. The van der Waals surface area contributed by atoms with E-state index in [-0.39, 0.29) is 5.41 Å². The fourth-order valence-corrected chi connectivity index (χ4v) is 7.19. The van der Waals surface area contributed by atoms with E-state index >= 15 is 0 Å². The van der Waals surface area contributed by atoms with Gasteiger partial charge in [-0.3, -0.25) is 0 Å². The highest BCUT2D eigenvalue weighted by atomic mass is 15.1. The van der Waals surface area contributed by atoms with Crippen LogP contribution in [0, 0.1) is 0 Å². The number of anilines is 1. The molecule has 1 aliphatic rings. The van der Waals surface area contributed by atoms with Gasteiger partial charge in [0, 0.05) is 24.2 Å². The van der Waals surface area contributed by atoms with Gasteiger partial charge in [0.05, 0.1) is 0 Å². The molecule has 1 nitrogen and oxygen atoms in total. The van der Waals surface area contributed by atoms with E-state index in [9.17, 15) is 0 Å². The Balaban J connectivity index is 2.05. The Morgan fingerprint density at radius 2 is 1.05 bits per heavy atom. The average molecular weight is 558 g/mol. The van der Waals surface area contributed by atoms with Gasteiger partial charge in [0.1, 0.15) is 0 Å². The first kappa shape index (κ1) is 33.5. The quantitative estimate of drug-likeness (QED) is 0.130. The Morgan fingerprint density at radius 3 is 1.56 bits per heavy atom. The van der Waals surface area contributed by atoms with Crippen LogP contribution in [0.5, 0.6) is 0 Å². The van der Waals surface area contributed by atoms with Gasteiger partial charge in [0.2, 0.25) is 0 Å². The summed E-state index contributed by atoms with van der Waals surface area (Å²) in [4.78, 5) is 2.75. The summed E-state index contributed by atoms with van der Waals surface area (Å²) in [6, 6.07) is 15.0. The van der Waals surface area contributed by atoms with Crippen molar-refractivity contribution < 1.29 is 0 Å². The molecule has 0 bridgehead atoms. The molecule has 2 aromatic carbocycles. The Morgan fingerprint density at radius 1 is 0.561 bits per heavy atom. The average Bonchev–Trinajstić information content (AvgIpc) is 3.25. The van der Waals surface area contributed by atoms with Gasteiger partial charge in [-0.1, -0.05) is 154 Å². The molecule has 0 unspecified atom stereocenters. The summed E-state index contributed by atoms with van der Waals surface area (Å²) < 4.78 is 0. The minimum Gasteiger partial charge on any atom is -0.372 e. The third kappa shape index (κ3) is 9.23. The SMILES string of the molecule is CC=Cc1ccc2c(c1)C(CCCCCC)(CCCCCC)c1cc(N(CCCCCC)CCCCCC)ccc1-2. The number of hydrogen-bond acceptors (Lipinski definition) is 1. The van der Waals surface area contributed by atoms with Crippen molar-refractivity contribution in [1.82, 2.24) is 0 Å². The lowest BCUT2D eigenvalue weighted by molar-refractivity contribution is 0.401. The van der Waals surface area contributed by atoms with Crippen molar-refractivity contribution in [2.75, 3.05) is 18.0 Å². The van der Waals surface area contributed by atoms with Crippen LogP contribution in [0.15, 0.2) is 42.5 Å². The first-order valence-corrected chi connectivity index (χ1v) is 17.8. The highest BCUT2D eigenvalue weighted by Crippen LogP contribution is 2.55. The molecule has 0 heterocycles. The molecule has 1 heteroatoms. The first-order chi connectivity index (χ1) is 20.1. The Bertz CT molecular complexity index is 1010. The van der Waals surface area contributed by atoms with Crippen molar-refractivity contribution in [1.29, 1.82) is 0 Å². The number of fused-ring (bicyclic) bond motifs is 3. The van der Waals surface area contributed by atoms with E-state index < -0.39 is 0 Å². The van der Waals surface area contributed by atoms with Crippen molar-refractivity contribution in [3.63, 3.8) is 0 Å². The molecule has 2 aromatic rings. The second kappa shape index (κ2) is 18.5. The van der Waals surface area contributed by atoms with Crippen molar-refractivity contribution in [3.8, 4) is 11.1 Å². The largest absolute Gasteiger partial charge is 0.372 e. The molecule has 0 saturated heterocycles. The summed E-state index contributed by atoms with van der Waals surface area (Å²) in [5, 5.41) is 0. The smallest absolute Gasteiger partial charge is 0.0369 e. The maximum absolute atomic E-state index is 2.75. The predicted octanol–water partition coefficient (Wildman–Crippen LogP) is 12.9. The molecule has 0 radical (unpaired) electrons. The molecule has 41 heavy (non-hydrogen) atoms. The van der Waals surface area contributed by atoms with Gasteiger partial charge in [0.25, 0.3) is 0 Å². The fourth-order valence-electron chi connectivity index (χ4n) is 7.19. The molecule has 0 amide bonds. The Hall–Kier alpha value is -2.02. The number of rotatable bonds is 22. The predicted molar refractivity (Wildman–Crippen MR) is 185 cm³/mol. The van der Waals surface area contributed by atoms with Crippen molar-refractivity contribution in [2.24, 2.45) is 0 Å². The molecule has 0 fully saturated rings. The van der Waals surface area contributed by atoms with Gasteiger partial charge in [-0.05, 0) is 72.6 Å². The fraction of sp³-hybridized carbons (Fsp3) is 0.650. The first-order valence-electron chi connectivity index (χ1n) is 17.8. The zero-order valence-corrected chi connectivity index (χ0v) is 27.7. The van der Waals surface area contributed by atoms with Gasteiger partial charge in [0.15, 0.2) is 0 Å². The number of allylic oxidation sites excluding steroid dienone is 1. The van der Waals surface area contributed by atoms with Crippen molar-refractivity contribution in [2.45, 2.75) is 156 Å². The van der Waals surface area contributed by atoms with E-state index in [0.29, 0.717) is 0 Å². The van der Waals surface area contributed by atoms with Crippen LogP contribution in [0.1, 0.15) is 167 Å². The summed E-state index contributed by atoms with van der Waals surface area (Å²) in [6.07, 6.45) is 28.4. The molecule has 0 aromatic heterocycles. The monoisotopic (exact) mass is 557 g/mol. The van der Waals surface area contributed by atoms with Crippen molar-refractivity contribution >= 4 is 11.8 Å². The molecule has 228 valence electrons. The molecule has 0 atom stereocenters. The molecule has 0 saturated carbocycles. The maximum Gasteiger partial charge on any atom is 0.0369 e. The van der Waals surface area contributed by atoms with Crippen LogP contribution in [0.25, 0.3) is 17.2 Å². The number of unbranched alkanes of at least 4 members (excludes halogenated alkanes) is 12. The molecule has 1 aliphatic carbocycles. The van der Waals surface area contributed by atoms with E-state index in [2.05, 4.69) is 88.1 Å². The lowest BCUT2D eigenvalue weighted by Gasteiger charge is -2.34. The Labute approximate surface area is 255 Å². The van der Waals surface area contributed by atoms with Crippen LogP contribution in [-0.2, 0) is 5.41 Å². The zero-order valence-electron chi connectivity index (χ0n) is 27.7. The van der Waals surface area contributed by atoms with Gasteiger partial charge >= 0.3 is 0 Å². The minimum atomic E-state index is 0.149. The topological polar surface area (TPSA) is 3.24 Å². The highest BCUT2D eigenvalue weighted by molar-refractivity contribution is 5.84. The van der Waals surface area contributed by atoms with Crippen LogP contribution in [-0.4, -0.2) is 13.1 Å². The summed E-state index contributed by atoms with van der Waals surface area (Å²) in [5.74, 6) is 0. The lowest BCUT2D eigenvalue weighted by atomic mass is 9.70. The van der Waals surface area contributed by atoms with Crippen LogP contribution in [0.4, 0.5) is 5.69 Å². The molecule has 3 rings (SSSR count). The van der Waals surface area contributed by atoms with Crippen molar-refractivity contribution in [3.05, 3.63) is 59.2 Å². The van der Waals surface area contributed by atoms with Crippen LogP contribution >= 0.6 is 0 Å². The molecule has 0 spiro atoms. The summed E-state index contributed by atoms with van der Waals surface area (Å²) >= 11 is 0. The normalized spacial score (nSPS) is 13.6. The third-order valence-electron chi connectivity index (χ3n) is 9.57. The third-order valence-corrected chi connectivity index (χ3v) is 9.57. The molecular formula is C40H63N.